The lowest BCUT2D eigenvalue weighted by Crippen LogP contribution is -2.10. The predicted octanol–water partition coefficient (Wildman–Crippen LogP) is 3.05. The highest BCUT2D eigenvalue weighted by atomic mass is 16.5. The Hall–Kier alpha value is -1.91. The Morgan fingerprint density at radius 3 is 2.71 bits per heavy atom. The van der Waals surface area contributed by atoms with E-state index in [1.165, 1.54) is 0 Å². The van der Waals surface area contributed by atoms with E-state index < -0.39 is 0 Å². The number of nitrogens with zero attached hydrogens (tertiary/aromatic N) is 1. The first-order valence-electron chi connectivity index (χ1n) is 7.41. The highest BCUT2D eigenvalue weighted by Crippen LogP contribution is 2.22. The van der Waals surface area contributed by atoms with Gasteiger partial charge in [-0.15, -0.1) is 0 Å². The van der Waals surface area contributed by atoms with Gasteiger partial charge in [-0.3, -0.25) is 0 Å². The van der Waals surface area contributed by atoms with E-state index in [9.17, 15) is 0 Å². The van der Waals surface area contributed by atoms with Crippen LogP contribution in [-0.2, 0) is 11.3 Å². The Morgan fingerprint density at radius 1 is 1.19 bits per heavy atom. The van der Waals surface area contributed by atoms with Crippen molar-refractivity contribution in [3.63, 3.8) is 0 Å². The largest absolute Gasteiger partial charge is 0.382 e. The van der Waals surface area contributed by atoms with Gasteiger partial charge >= 0.3 is 0 Å². The molecule has 3 N–H and O–H groups in total. The molecule has 0 fully saturated rings. The minimum Gasteiger partial charge on any atom is -0.382 e. The summed E-state index contributed by atoms with van der Waals surface area (Å²) in [7, 11) is 0. The Balaban J connectivity index is 2.03. The fourth-order valence-electron chi connectivity index (χ4n) is 2.14. The fraction of sp³-hybridized carbons (Fsp3) is 0.353. The number of aromatic nitrogens is 1. The molecule has 2 aromatic rings. The van der Waals surface area contributed by atoms with Crippen molar-refractivity contribution in [3.8, 4) is 11.1 Å². The van der Waals surface area contributed by atoms with Crippen LogP contribution in [0.1, 0.15) is 18.9 Å². The standard InChI is InChI=1S/C17H23N3O/c1-2-21-10-6-9-19-17-15(12-18)11-16(13-20-17)14-7-4-3-5-8-14/h3-5,7-8,11,13H,2,6,9-10,12,18H2,1H3,(H,19,20). The zero-order valence-corrected chi connectivity index (χ0v) is 12.5. The number of rotatable bonds is 8. The second-order valence-electron chi connectivity index (χ2n) is 4.78. The molecule has 21 heavy (non-hydrogen) atoms. The van der Waals surface area contributed by atoms with E-state index in [2.05, 4.69) is 28.5 Å². The van der Waals surface area contributed by atoms with E-state index in [4.69, 9.17) is 10.5 Å². The quantitative estimate of drug-likeness (QED) is 0.732. The molecule has 1 aromatic carbocycles. The van der Waals surface area contributed by atoms with Crippen molar-refractivity contribution in [2.45, 2.75) is 19.9 Å². The van der Waals surface area contributed by atoms with E-state index in [1.807, 2.05) is 31.3 Å². The lowest BCUT2D eigenvalue weighted by Gasteiger charge is -2.12. The molecule has 0 saturated heterocycles. The van der Waals surface area contributed by atoms with Gasteiger partial charge in [0, 0.05) is 43.6 Å². The third kappa shape index (κ3) is 4.55. The molecule has 4 heteroatoms. The second-order valence-corrected chi connectivity index (χ2v) is 4.78. The minimum absolute atomic E-state index is 0.474. The highest BCUT2D eigenvalue weighted by Gasteiger charge is 2.05. The number of hydrogen-bond acceptors (Lipinski definition) is 4. The number of pyridine rings is 1. The van der Waals surface area contributed by atoms with E-state index >= 15 is 0 Å². The molecule has 1 aromatic heterocycles. The number of anilines is 1. The lowest BCUT2D eigenvalue weighted by molar-refractivity contribution is 0.147. The molecule has 0 atom stereocenters. The summed E-state index contributed by atoms with van der Waals surface area (Å²) in [6, 6.07) is 12.3. The molecule has 0 aliphatic rings. The van der Waals surface area contributed by atoms with Gasteiger partial charge in [0.2, 0.25) is 0 Å². The monoisotopic (exact) mass is 285 g/mol. The van der Waals surface area contributed by atoms with E-state index in [-0.39, 0.29) is 0 Å². The van der Waals surface area contributed by atoms with Crippen LogP contribution in [0.4, 0.5) is 5.82 Å². The number of ether oxygens (including phenoxy) is 1. The smallest absolute Gasteiger partial charge is 0.130 e. The second kappa shape index (κ2) is 8.39. The lowest BCUT2D eigenvalue weighted by atomic mass is 10.1. The van der Waals surface area contributed by atoms with Crippen molar-refractivity contribution in [3.05, 3.63) is 48.2 Å². The summed E-state index contributed by atoms with van der Waals surface area (Å²) in [4.78, 5) is 4.51. The summed E-state index contributed by atoms with van der Waals surface area (Å²) in [6.07, 6.45) is 2.85. The average molecular weight is 285 g/mol. The van der Waals surface area contributed by atoms with Gasteiger partial charge in [-0.1, -0.05) is 30.3 Å². The summed E-state index contributed by atoms with van der Waals surface area (Å²) in [5, 5.41) is 3.33. The summed E-state index contributed by atoms with van der Waals surface area (Å²) in [6.45, 7) is 4.84. The number of benzene rings is 1. The van der Waals surface area contributed by atoms with Crippen LogP contribution >= 0.6 is 0 Å². The van der Waals surface area contributed by atoms with Crippen molar-refractivity contribution in [2.24, 2.45) is 5.73 Å². The molecule has 0 unspecified atom stereocenters. The van der Waals surface area contributed by atoms with E-state index in [1.54, 1.807) is 0 Å². The Morgan fingerprint density at radius 2 is 2.00 bits per heavy atom. The van der Waals surface area contributed by atoms with Crippen LogP contribution in [0.15, 0.2) is 42.6 Å². The van der Waals surface area contributed by atoms with Crippen molar-refractivity contribution >= 4 is 5.82 Å². The summed E-state index contributed by atoms with van der Waals surface area (Å²) in [5.74, 6) is 0.869. The van der Waals surface area contributed by atoms with Crippen molar-refractivity contribution in [1.82, 2.24) is 4.98 Å². The van der Waals surface area contributed by atoms with Crippen LogP contribution in [0, 0.1) is 0 Å². The first-order chi connectivity index (χ1) is 10.3. The summed E-state index contributed by atoms with van der Waals surface area (Å²) >= 11 is 0. The predicted molar refractivity (Wildman–Crippen MR) is 87.2 cm³/mol. The van der Waals surface area contributed by atoms with Gasteiger partial charge in [0.15, 0.2) is 0 Å². The maximum Gasteiger partial charge on any atom is 0.130 e. The molecule has 0 bridgehead atoms. The van der Waals surface area contributed by atoms with Crippen LogP contribution in [0.5, 0.6) is 0 Å². The van der Waals surface area contributed by atoms with Crippen LogP contribution in [0.25, 0.3) is 11.1 Å². The zero-order valence-electron chi connectivity index (χ0n) is 12.5. The molecule has 0 amide bonds. The van der Waals surface area contributed by atoms with Crippen LogP contribution in [0.2, 0.25) is 0 Å². The molecule has 0 radical (unpaired) electrons. The highest BCUT2D eigenvalue weighted by molar-refractivity contribution is 5.65. The maximum absolute atomic E-state index is 5.84. The van der Waals surface area contributed by atoms with Gasteiger partial charge in [0.25, 0.3) is 0 Å². The van der Waals surface area contributed by atoms with Gasteiger partial charge in [-0.2, -0.15) is 0 Å². The first kappa shape index (κ1) is 15.5. The minimum atomic E-state index is 0.474. The van der Waals surface area contributed by atoms with E-state index in [0.717, 1.165) is 48.7 Å². The zero-order chi connectivity index (χ0) is 14.9. The van der Waals surface area contributed by atoms with Crippen molar-refractivity contribution in [1.29, 1.82) is 0 Å². The molecule has 0 saturated carbocycles. The average Bonchev–Trinajstić information content (AvgIpc) is 2.55. The fourth-order valence-corrected chi connectivity index (χ4v) is 2.14. The number of nitrogens with one attached hydrogen (secondary N) is 1. The molecule has 112 valence electrons. The number of nitrogens with two attached hydrogens (primary N) is 1. The molecule has 4 nitrogen and oxygen atoms in total. The third-order valence-electron chi connectivity index (χ3n) is 3.26. The SMILES string of the molecule is CCOCCCNc1ncc(-c2ccccc2)cc1CN. The van der Waals surface area contributed by atoms with Crippen molar-refractivity contribution in [2.75, 3.05) is 25.1 Å². The third-order valence-corrected chi connectivity index (χ3v) is 3.26. The van der Waals surface area contributed by atoms with Gasteiger partial charge in [-0.25, -0.2) is 4.98 Å². The first-order valence-corrected chi connectivity index (χ1v) is 7.41. The van der Waals surface area contributed by atoms with Gasteiger partial charge < -0.3 is 15.8 Å². The van der Waals surface area contributed by atoms with Crippen LogP contribution < -0.4 is 11.1 Å². The van der Waals surface area contributed by atoms with E-state index in [0.29, 0.717) is 6.54 Å². The Kier molecular flexibility index (Phi) is 6.19. The molecular formula is C17H23N3O. The topological polar surface area (TPSA) is 60.2 Å². The Bertz CT molecular complexity index is 543. The normalized spacial score (nSPS) is 10.6. The molecular weight excluding hydrogens is 262 g/mol. The van der Waals surface area contributed by atoms with Gasteiger partial charge in [0.1, 0.15) is 5.82 Å². The molecule has 0 aliphatic carbocycles. The number of hydrogen-bond donors (Lipinski definition) is 2. The van der Waals surface area contributed by atoms with Crippen LogP contribution in [0.3, 0.4) is 0 Å². The molecule has 0 spiro atoms. The van der Waals surface area contributed by atoms with Crippen molar-refractivity contribution < 1.29 is 4.74 Å². The summed E-state index contributed by atoms with van der Waals surface area (Å²) in [5.41, 5.74) is 9.13. The van der Waals surface area contributed by atoms with Gasteiger partial charge in [-0.05, 0) is 25.0 Å². The van der Waals surface area contributed by atoms with Crippen LogP contribution in [-0.4, -0.2) is 24.7 Å². The molecule has 2 rings (SSSR count). The van der Waals surface area contributed by atoms with Gasteiger partial charge in [0.05, 0.1) is 0 Å². The maximum atomic E-state index is 5.84. The Labute approximate surface area is 126 Å². The summed E-state index contributed by atoms with van der Waals surface area (Å²) < 4.78 is 5.32. The molecule has 1 heterocycles. The molecule has 0 aliphatic heterocycles.